The number of hydrogen-bond donors (Lipinski definition) is 2. The Balaban J connectivity index is 1.58. The van der Waals surface area contributed by atoms with Crippen molar-refractivity contribution in [2.75, 3.05) is 12.4 Å². The zero-order valence-electron chi connectivity index (χ0n) is 16.3. The molecule has 1 atom stereocenters. The topological polar surface area (TPSA) is 120 Å². The molecule has 0 radical (unpaired) electrons. The van der Waals surface area contributed by atoms with Crippen molar-refractivity contribution < 1.29 is 13.9 Å². The molecule has 0 fully saturated rings. The minimum Gasteiger partial charge on any atom is -0.386 e. The number of aliphatic imine (C=N–C) groups is 1. The Morgan fingerprint density at radius 3 is 2.87 bits per heavy atom. The van der Waals surface area contributed by atoms with Crippen LogP contribution < -0.4 is 11.1 Å². The molecule has 2 aromatic heterocycles. The predicted octanol–water partition coefficient (Wildman–Crippen LogP) is 1.89. The summed E-state index contributed by atoms with van der Waals surface area (Å²) in [7, 11) is 1.57. The number of anilines is 1. The predicted molar refractivity (Wildman–Crippen MR) is 107 cm³/mol. The van der Waals surface area contributed by atoms with Crippen LogP contribution in [-0.4, -0.2) is 38.6 Å². The first-order valence-corrected chi connectivity index (χ1v) is 9.30. The summed E-state index contributed by atoms with van der Waals surface area (Å²) in [6.07, 6.45) is 0. The SMILES string of the molecule is COCc1cc(-c2nc3c4c(n2)NC(=O)C4(C)C(N)=N3)nn1Cc1ccccc1F. The summed E-state index contributed by atoms with van der Waals surface area (Å²) >= 11 is 0. The Labute approximate surface area is 170 Å². The molecular weight excluding hydrogens is 389 g/mol. The van der Waals surface area contributed by atoms with Crippen LogP contribution in [0.15, 0.2) is 35.3 Å². The summed E-state index contributed by atoms with van der Waals surface area (Å²) in [4.78, 5) is 25.7. The zero-order chi connectivity index (χ0) is 21.0. The first kappa shape index (κ1) is 18.4. The van der Waals surface area contributed by atoms with Crippen molar-refractivity contribution in [1.82, 2.24) is 19.7 Å². The van der Waals surface area contributed by atoms with Gasteiger partial charge >= 0.3 is 0 Å². The summed E-state index contributed by atoms with van der Waals surface area (Å²) in [5.74, 6) is 0.608. The van der Waals surface area contributed by atoms with Gasteiger partial charge in [0.1, 0.15) is 28.6 Å². The number of amides is 1. The molecular formula is C20H18FN7O2. The van der Waals surface area contributed by atoms with E-state index in [1.807, 2.05) is 0 Å². The van der Waals surface area contributed by atoms with Gasteiger partial charge in [-0.3, -0.25) is 9.48 Å². The van der Waals surface area contributed by atoms with Crippen LogP contribution in [0.4, 0.5) is 16.0 Å². The Hall–Kier alpha value is -3.66. The van der Waals surface area contributed by atoms with Gasteiger partial charge in [-0.1, -0.05) is 18.2 Å². The maximum absolute atomic E-state index is 14.1. The maximum Gasteiger partial charge on any atom is 0.243 e. The van der Waals surface area contributed by atoms with Crippen LogP contribution in [0.2, 0.25) is 0 Å². The number of carbonyl (C=O) groups excluding carboxylic acids is 1. The number of methoxy groups -OCH3 is 1. The van der Waals surface area contributed by atoms with Crippen molar-refractivity contribution in [3.05, 3.63) is 53.0 Å². The third-order valence-electron chi connectivity index (χ3n) is 5.48. The average molecular weight is 407 g/mol. The number of nitrogens with one attached hydrogen (secondary N) is 1. The van der Waals surface area contributed by atoms with E-state index >= 15 is 0 Å². The highest BCUT2D eigenvalue weighted by molar-refractivity contribution is 6.24. The van der Waals surface area contributed by atoms with Gasteiger partial charge in [0.2, 0.25) is 5.91 Å². The van der Waals surface area contributed by atoms with Crippen molar-refractivity contribution in [2.24, 2.45) is 10.7 Å². The molecule has 0 saturated heterocycles. The molecule has 0 saturated carbocycles. The monoisotopic (exact) mass is 407 g/mol. The van der Waals surface area contributed by atoms with Gasteiger partial charge in [-0.2, -0.15) is 5.10 Å². The zero-order valence-corrected chi connectivity index (χ0v) is 16.3. The molecule has 4 heterocycles. The lowest BCUT2D eigenvalue weighted by atomic mass is 9.85. The molecule has 2 aliphatic rings. The second-order valence-corrected chi connectivity index (χ2v) is 7.37. The van der Waals surface area contributed by atoms with Crippen LogP contribution in [0, 0.1) is 5.82 Å². The van der Waals surface area contributed by atoms with E-state index in [4.69, 9.17) is 10.5 Å². The number of carbonyl (C=O) groups is 1. The van der Waals surface area contributed by atoms with Crippen molar-refractivity contribution in [2.45, 2.75) is 25.5 Å². The fraction of sp³-hybridized carbons (Fsp3) is 0.250. The lowest BCUT2D eigenvalue weighted by molar-refractivity contribution is -0.118. The molecule has 9 nitrogen and oxygen atoms in total. The number of ether oxygens (including phenoxy) is 1. The quantitative estimate of drug-likeness (QED) is 0.666. The molecule has 3 aromatic rings. The standard InChI is InChI=1S/C20H18FN7O2/c1-20-14-16(25-18(20)22)23-15(24-17(14)26-19(20)29)13-7-11(9-30-2)28(27-13)8-10-5-3-4-6-12(10)21/h3-7H,8-9H2,1-2H3,(H3,22,23,24,25,26,29). The molecule has 1 amide bonds. The summed E-state index contributed by atoms with van der Waals surface area (Å²) in [5.41, 5.74) is 7.22. The highest BCUT2D eigenvalue weighted by Gasteiger charge is 2.53. The number of amidine groups is 1. The fourth-order valence-corrected chi connectivity index (χ4v) is 3.77. The van der Waals surface area contributed by atoms with Crippen LogP contribution in [0.25, 0.3) is 11.5 Å². The van der Waals surface area contributed by atoms with E-state index in [2.05, 4.69) is 25.4 Å². The number of hydrogen-bond acceptors (Lipinski definition) is 7. The highest BCUT2D eigenvalue weighted by atomic mass is 19.1. The van der Waals surface area contributed by atoms with Gasteiger partial charge in [-0.25, -0.2) is 19.4 Å². The van der Waals surface area contributed by atoms with E-state index in [1.165, 1.54) is 6.07 Å². The van der Waals surface area contributed by atoms with Crippen LogP contribution in [0.3, 0.4) is 0 Å². The Morgan fingerprint density at radius 2 is 2.10 bits per heavy atom. The number of nitrogens with two attached hydrogens (primary N) is 1. The normalized spacial score (nSPS) is 19.0. The number of aromatic nitrogens is 4. The largest absolute Gasteiger partial charge is 0.386 e. The van der Waals surface area contributed by atoms with Gasteiger partial charge in [0.15, 0.2) is 11.6 Å². The van der Waals surface area contributed by atoms with E-state index in [0.717, 1.165) is 5.69 Å². The minimum atomic E-state index is -1.05. The molecule has 1 unspecified atom stereocenters. The molecule has 5 rings (SSSR count). The van der Waals surface area contributed by atoms with Gasteiger partial charge in [0, 0.05) is 12.7 Å². The summed E-state index contributed by atoms with van der Waals surface area (Å²) in [6, 6.07) is 8.29. The summed E-state index contributed by atoms with van der Waals surface area (Å²) in [5, 5.41) is 7.31. The molecule has 152 valence electrons. The van der Waals surface area contributed by atoms with Crippen LogP contribution in [0.1, 0.15) is 23.7 Å². The smallest absolute Gasteiger partial charge is 0.243 e. The first-order chi connectivity index (χ1) is 14.4. The Morgan fingerprint density at radius 1 is 1.30 bits per heavy atom. The second-order valence-electron chi connectivity index (χ2n) is 7.37. The third kappa shape index (κ3) is 2.53. The van der Waals surface area contributed by atoms with E-state index in [9.17, 15) is 9.18 Å². The Kier molecular flexibility index (Phi) is 3.93. The molecule has 10 heteroatoms. The molecule has 0 bridgehead atoms. The van der Waals surface area contributed by atoms with Crippen molar-refractivity contribution >= 4 is 23.4 Å². The van der Waals surface area contributed by atoms with Crippen LogP contribution in [0.5, 0.6) is 0 Å². The van der Waals surface area contributed by atoms with E-state index < -0.39 is 5.41 Å². The maximum atomic E-state index is 14.1. The van der Waals surface area contributed by atoms with Gasteiger partial charge in [0.05, 0.1) is 24.4 Å². The number of nitrogens with zero attached hydrogens (tertiary/aromatic N) is 5. The highest BCUT2D eigenvalue weighted by Crippen LogP contribution is 2.47. The summed E-state index contributed by atoms with van der Waals surface area (Å²) in [6.45, 7) is 2.20. The van der Waals surface area contributed by atoms with E-state index in [0.29, 0.717) is 28.5 Å². The minimum absolute atomic E-state index is 0.186. The second kappa shape index (κ2) is 6.42. The molecule has 2 aliphatic heterocycles. The number of rotatable bonds is 5. The average Bonchev–Trinajstić information content (AvgIpc) is 3.32. The third-order valence-corrected chi connectivity index (χ3v) is 5.48. The molecule has 0 spiro atoms. The van der Waals surface area contributed by atoms with Crippen molar-refractivity contribution in [1.29, 1.82) is 0 Å². The lowest BCUT2D eigenvalue weighted by Gasteiger charge is -2.14. The number of halogens is 1. The molecule has 30 heavy (non-hydrogen) atoms. The van der Waals surface area contributed by atoms with Crippen LogP contribution in [-0.2, 0) is 28.1 Å². The van der Waals surface area contributed by atoms with Crippen LogP contribution >= 0.6 is 0 Å². The van der Waals surface area contributed by atoms with Crippen molar-refractivity contribution in [3.63, 3.8) is 0 Å². The van der Waals surface area contributed by atoms with Gasteiger partial charge in [0.25, 0.3) is 0 Å². The van der Waals surface area contributed by atoms with Gasteiger partial charge in [-0.15, -0.1) is 0 Å². The first-order valence-electron chi connectivity index (χ1n) is 9.30. The summed E-state index contributed by atoms with van der Waals surface area (Å²) < 4.78 is 21.0. The lowest BCUT2D eigenvalue weighted by Crippen LogP contribution is -2.42. The van der Waals surface area contributed by atoms with Crippen molar-refractivity contribution in [3.8, 4) is 11.5 Å². The van der Waals surface area contributed by atoms with E-state index in [1.54, 1.807) is 43.0 Å². The number of benzene rings is 1. The van der Waals surface area contributed by atoms with Gasteiger partial charge in [-0.05, 0) is 19.1 Å². The molecule has 1 aromatic carbocycles. The Bertz CT molecular complexity index is 1240. The fourth-order valence-electron chi connectivity index (χ4n) is 3.77. The van der Waals surface area contributed by atoms with Gasteiger partial charge < -0.3 is 15.8 Å². The molecule has 0 aliphatic carbocycles. The molecule has 3 N–H and O–H groups in total. The van der Waals surface area contributed by atoms with E-state index in [-0.39, 0.29) is 36.5 Å².